The molecule has 2 rings (SSSR count). The third-order valence-corrected chi connectivity index (χ3v) is 2.07. The van der Waals surface area contributed by atoms with Gasteiger partial charge >= 0.3 is 0 Å². The molecule has 0 aromatic carbocycles. The van der Waals surface area contributed by atoms with Crippen LogP contribution in [0.2, 0.25) is 0 Å². The van der Waals surface area contributed by atoms with E-state index >= 15 is 0 Å². The maximum Gasteiger partial charge on any atom is 0.178 e. The molecule has 2 N–H and O–H groups in total. The van der Waals surface area contributed by atoms with E-state index in [1.165, 1.54) is 4.80 Å². The highest BCUT2D eigenvalue weighted by atomic mass is 16.3. The van der Waals surface area contributed by atoms with Crippen molar-refractivity contribution in [3.05, 3.63) is 17.5 Å². The summed E-state index contributed by atoms with van der Waals surface area (Å²) >= 11 is 0. The van der Waals surface area contributed by atoms with Crippen LogP contribution in [0.3, 0.4) is 0 Å². The zero-order valence-electron chi connectivity index (χ0n) is 8.01. The van der Waals surface area contributed by atoms with E-state index in [9.17, 15) is 5.11 Å². The number of nitrogens with zero attached hydrogens (tertiary/aromatic N) is 4. The Balaban J connectivity index is 2.03. The standard InChI is InChI=1S/C8H13N5O/c1-13-11-8(10-12-13)3-6-2-7(14)5-9-4-6/h2,7,9,14H,3-5H2,1H3. The highest BCUT2D eigenvalue weighted by Gasteiger charge is 2.12. The van der Waals surface area contributed by atoms with Crippen LogP contribution in [0.1, 0.15) is 5.82 Å². The summed E-state index contributed by atoms with van der Waals surface area (Å²) in [7, 11) is 1.73. The third-order valence-electron chi connectivity index (χ3n) is 2.07. The number of hydrogen-bond acceptors (Lipinski definition) is 5. The van der Waals surface area contributed by atoms with Crippen LogP contribution in [0.4, 0.5) is 0 Å². The molecule has 0 saturated heterocycles. The van der Waals surface area contributed by atoms with Crippen LogP contribution < -0.4 is 5.32 Å². The molecule has 0 aliphatic carbocycles. The van der Waals surface area contributed by atoms with E-state index in [-0.39, 0.29) is 0 Å². The van der Waals surface area contributed by atoms with Gasteiger partial charge in [-0.3, -0.25) is 0 Å². The Hall–Kier alpha value is -1.27. The van der Waals surface area contributed by atoms with E-state index in [1.807, 2.05) is 6.08 Å². The van der Waals surface area contributed by atoms with Gasteiger partial charge in [-0.2, -0.15) is 4.80 Å². The lowest BCUT2D eigenvalue weighted by atomic mass is 10.1. The smallest absolute Gasteiger partial charge is 0.178 e. The number of aromatic nitrogens is 4. The second-order valence-corrected chi connectivity index (χ2v) is 3.40. The van der Waals surface area contributed by atoms with Gasteiger partial charge in [0.25, 0.3) is 0 Å². The van der Waals surface area contributed by atoms with Crippen molar-refractivity contribution in [2.24, 2.45) is 7.05 Å². The summed E-state index contributed by atoms with van der Waals surface area (Å²) in [5.74, 6) is 0.689. The summed E-state index contributed by atoms with van der Waals surface area (Å²) in [4.78, 5) is 1.43. The molecule has 14 heavy (non-hydrogen) atoms. The van der Waals surface area contributed by atoms with Crippen molar-refractivity contribution in [3.8, 4) is 0 Å². The Morgan fingerprint density at radius 2 is 2.57 bits per heavy atom. The summed E-state index contributed by atoms with van der Waals surface area (Å²) < 4.78 is 0. The molecule has 0 saturated carbocycles. The van der Waals surface area contributed by atoms with E-state index in [0.717, 1.165) is 12.1 Å². The van der Waals surface area contributed by atoms with Gasteiger partial charge in [0.1, 0.15) is 0 Å². The quantitative estimate of drug-likeness (QED) is 0.570. The first-order valence-corrected chi connectivity index (χ1v) is 4.55. The molecule has 6 heteroatoms. The molecule has 1 aromatic heterocycles. The van der Waals surface area contributed by atoms with Crippen molar-refractivity contribution in [2.75, 3.05) is 13.1 Å². The van der Waals surface area contributed by atoms with E-state index < -0.39 is 6.10 Å². The minimum Gasteiger partial charge on any atom is -0.388 e. The number of nitrogens with one attached hydrogen (secondary N) is 1. The molecule has 1 aliphatic rings. The van der Waals surface area contributed by atoms with Gasteiger partial charge in [0.05, 0.1) is 13.2 Å². The van der Waals surface area contributed by atoms with Crippen LogP contribution in [0.15, 0.2) is 11.6 Å². The van der Waals surface area contributed by atoms with Crippen molar-refractivity contribution in [3.63, 3.8) is 0 Å². The number of β-amino-alcohol motifs (C(OH)–C–C–N with tert-alkyl or cyclic N) is 1. The molecule has 0 spiro atoms. The molecule has 2 heterocycles. The number of tetrazole rings is 1. The summed E-state index contributed by atoms with van der Waals surface area (Å²) in [5, 5.41) is 24.2. The maximum absolute atomic E-state index is 9.36. The zero-order valence-corrected chi connectivity index (χ0v) is 8.01. The second-order valence-electron chi connectivity index (χ2n) is 3.40. The van der Waals surface area contributed by atoms with E-state index in [0.29, 0.717) is 18.8 Å². The first-order valence-electron chi connectivity index (χ1n) is 4.55. The summed E-state index contributed by atoms with van der Waals surface area (Å²) in [6, 6.07) is 0. The van der Waals surface area contributed by atoms with Gasteiger partial charge in [0.2, 0.25) is 0 Å². The number of aliphatic hydroxyl groups is 1. The Labute approximate surface area is 81.6 Å². The lowest BCUT2D eigenvalue weighted by Crippen LogP contribution is -2.32. The highest BCUT2D eigenvalue weighted by Crippen LogP contribution is 2.06. The van der Waals surface area contributed by atoms with Gasteiger partial charge in [0, 0.05) is 19.5 Å². The van der Waals surface area contributed by atoms with Crippen LogP contribution in [0, 0.1) is 0 Å². The Bertz CT molecular complexity index is 345. The third kappa shape index (κ3) is 2.15. The lowest BCUT2D eigenvalue weighted by molar-refractivity contribution is 0.212. The van der Waals surface area contributed by atoms with Gasteiger partial charge in [-0.05, 0) is 5.21 Å². The van der Waals surface area contributed by atoms with E-state index in [1.54, 1.807) is 7.05 Å². The minimum atomic E-state index is -0.393. The predicted octanol–water partition coefficient (Wildman–Crippen LogP) is -1.36. The SMILES string of the molecule is Cn1nnc(CC2=CC(O)CNC2)n1. The van der Waals surface area contributed by atoms with Crippen LogP contribution in [-0.2, 0) is 13.5 Å². The molecule has 0 fully saturated rings. The average Bonchev–Trinajstić information content (AvgIpc) is 2.51. The van der Waals surface area contributed by atoms with Gasteiger partial charge in [-0.15, -0.1) is 10.2 Å². The Morgan fingerprint density at radius 1 is 1.71 bits per heavy atom. The molecule has 0 amide bonds. The minimum absolute atomic E-state index is 0.393. The summed E-state index contributed by atoms with van der Waals surface area (Å²) in [5.41, 5.74) is 1.11. The van der Waals surface area contributed by atoms with Gasteiger partial charge < -0.3 is 10.4 Å². The fourth-order valence-corrected chi connectivity index (χ4v) is 1.49. The zero-order chi connectivity index (χ0) is 9.97. The van der Waals surface area contributed by atoms with Crippen molar-refractivity contribution < 1.29 is 5.11 Å². The molecule has 76 valence electrons. The van der Waals surface area contributed by atoms with Gasteiger partial charge in [-0.1, -0.05) is 11.6 Å². The monoisotopic (exact) mass is 195 g/mol. The molecule has 6 nitrogen and oxygen atoms in total. The largest absolute Gasteiger partial charge is 0.388 e. The Kier molecular flexibility index (Phi) is 2.55. The number of hydrogen-bond donors (Lipinski definition) is 2. The normalized spacial score (nSPS) is 22.1. The topological polar surface area (TPSA) is 75.9 Å². The lowest BCUT2D eigenvalue weighted by Gasteiger charge is -2.17. The first-order chi connectivity index (χ1) is 6.74. The number of aliphatic hydroxyl groups excluding tert-OH is 1. The molecule has 0 radical (unpaired) electrons. The average molecular weight is 195 g/mol. The molecule has 1 atom stereocenters. The number of aryl methyl sites for hydroxylation is 1. The second kappa shape index (κ2) is 3.85. The Morgan fingerprint density at radius 3 is 3.21 bits per heavy atom. The van der Waals surface area contributed by atoms with E-state index in [4.69, 9.17) is 0 Å². The molecule has 1 unspecified atom stereocenters. The molecule has 0 bridgehead atoms. The van der Waals surface area contributed by atoms with Crippen molar-refractivity contribution in [1.29, 1.82) is 0 Å². The van der Waals surface area contributed by atoms with E-state index in [2.05, 4.69) is 20.7 Å². The van der Waals surface area contributed by atoms with Gasteiger partial charge in [0.15, 0.2) is 5.82 Å². The molecule has 1 aromatic rings. The van der Waals surface area contributed by atoms with Crippen molar-refractivity contribution >= 4 is 0 Å². The highest BCUT2D eigenvalue weighted by molar-refractivity contribution is 5.15. The van der Waals surface area contributed by atoms with Crippen molar-refractivity contribution in [2.45, 2.75) is 12.5 Å². The summed E-state index contributed by atoms with van der Waals surface area (Å²) in [6.07, 6.45) is 2.11. The van der Waals surface area contributed by atoms with Gasteiger partial charge in [-0.25, -0.2) is 0 Å². The van der Waals surface area contributed by atoms with Crippen LogP contribution in [-0.4, -0.2) is 44.5 Å². The fraction of sp³-hybridized carbons (Fsp3) is 0.625. The van der Waals surface area contributed by atoms with Crippen LogP contribution in [0.25, 0.3) is 0 Å². The first kappa shape index (κ1) is 9.29. The predicted molar refractivity (Wildman–Crippen MR) is 49.5 cm³/mol. The molecule has 1 aliphatic heterocycles. The van der Waals surface area contributed by atoms with Crippen LogP contribution in [0.5, 0.6) is 0 Å². The molecular formula is C8H13N5O. The number of rotatable bonds is 2. The fourth-order valence-electron chi connectivity index (χ4n) is 1.49. The maximum atomic E-state index is 9.36. The van der Waals surface area contributed by atoms with Crippen LogP contribution >= 0.6 is 0 Å². The summed E-state index contributed by atoms with van der Waals surface area (Å²) in [6.45, 7) is 1.41. The molecular weight excluding hydrogens is 182 g/mol. The van der Waals surface area contributed by atoms with Crippen molar-refractivity contribution in [1.82, 2.24) is 25.5 Å².